The molecular weight excluding hydrogens is 786 g/mol. The maximum atomic E-state index is 12.6. The normalized spacial score (nSPS) is 13.7. The number of carbonyl (C=O) groups excluding carboxylic acids is 2. The zero-order valence-electron chi connectivity index (χ0n) is 39.1. The topological polar surface area (TPSA) is 134 Å². The average molecular weight is 878 g/mol. The largest absolute Gasteiger partial charge is 0.472 e. The van der Waals surface area contributed by atoms with Crippen molar-refractivity contribution < 1.29 is 37.6 Å². The molecule has 0 aromatic carbocycles. The Bertz CT molecular complexity index is 1180. The highest BCUT2D eigenvalue weighted by atomic mass is 31.2. The lowest BCUT2D eigenvalue weighted by Gasteiger charge is -2.19. The number of carbonyl (C=O) groups is 2. The molecule has 0 radical (unpaired) electrons. The molecule has 0 aliphatic rings. The van der Waals surface area contributed by atoms with Gasteiger partial charge in [0.25, 0.3) is 0 Å². The van der Waals surface area contributed by atoms with Crippen LogP contribution in [-0.4, -0.2) is 49.3 Å². The summed E-state index contributed by atoms with van der Waals surface area (Å²) in [6.07, 6.45) is 56.8. The Morgan fingerprint density at radius 1 is 0.492 bits per heavy atom. The zero-order chi connectivity index (χ0) is 44.6. The van der Waals surface area contributed by atoms with Crippen LogP contribution in [0.25, 0.3) is 0 Å². The van der Waals surface area contributed by atoms with Gasteiger partial charge in [0.2, 0.25) is 0 Å². The Balaban J connectivity index is 4.13. The van der Waals surface area contributed by atoms with Gasteiger partial charge in [0.1, 0.15) is 6.61 Å². The van der Waals surface area contributed by atoms with Gasteiger partial charge in [-0.15, -0.1) is 0 Å². The first-order valence-electron chi connectivity index (χ1n) is 24.8. The van der Waals surface area contributed by atoms with Crippen molar-refractivity contribution in [2.75, 3.05) is 26.4 Å². The molecule has 0 aliphatic heterocycles. The highest BCUT2D eigenvalue weighted by Crippen LogP contribution is 2.43. The molecule has 0 saturated heterocycles. The number of phosphoric ester groups is 1. The smallest absolute Gasteiger partial charge is 0.462 e. The van der Waals surface area contributed by atoms with Gasteiger partial charge in [-0.3, -0.25) is 18.6 Å². The maximum Gasteiger partial charge on any atom is 0.472 e. The summed E-state index contributed by atoms with van der Waals surface area (Å²) in [5, 5.41) is 0. The van der Waals surface area contributed by atoms with Crippen LogP contribution in [0.1, 0.15) is 219 Å². The van der Waals surface area contributed by atoms with Crippen LogP contribution in [0.15, 0.2) is 60.8 Å². The van der Waals surface area contributed by atoms with Gasteiger partial charge in [0.15, 0.2) is 6.10 Å². The third kappa shape index (κ3) is 47.0. The maximum absolute atomic E-state index is 12.6. The van der Waals surface area contributed by atoms with E-state index < -0.39 is 32.5 Å². The van der Waals surface area contributed by atoms with E-state index in [4.69, 9.17) is 24.3 Å². The van der Waals surface area contributed by atoms with Gasteiger partial charge in [-0.25, -0.2) is 4.57 Å². The van der Waals surface area contributed by atoms with E-state index in [9.17, 15) is 19.0 Å². The fourth-order valence-corrected chi connectivity index (χ4v) is 7.44. The second kappa shape index (κ2) is 47.2. The van der Waals surface area contributed by atoms with Gasteiger partial charge in [0, 0.05) is 19.4 Å². The molecule has 0 fully saturated rings. The molecule has 10 heteroatoms. The van der Waals surface area contributed by atoms with Gasteiger partial charge in [-0.2, -0.15) is 0 Å². The van der Waals surface area contributed by atoms with Crippen LogP contribution in [0.4, 0.5) is 0 Å². The van der Waals surface area contributed by atoms with Crippen molar-refractivity contribution in [3.63, 3.8) is 0 Å². The van der Waals surface area contributed by atoms with Crippen LogP contribution >= 0.6 is 7.82 Å². The van der Waals surface area contributed by atoms with E-state index in [-0.39, 0.29) is 32.6 Å². The van der Waals surface area contributed by atoms with Gasteiger partial charge in [0.05, 0.1) is 13.2 Å². The van der Waals surface area contributed by atoms with Crippen molar-refractivity contribution in [2.24, 2.45) is 5.73 Å². The van der Waals surface area contributed by atoms with Gasteiger partial charge >= 0.3 is 19.8 Å². The van der Waals surface area contributed by atoms with Crippen molar-refractivity contribution in [1.29, 1.82) is 0 Å². The predicted octanol–water partition coefficient (Wildman–Crippen LogP) is 14.8. The van der Waals surface area contributed by atoms with E-state index in [2.05, 4.69) is 74.6 Å². The van der Waals surface area contributed by atoms with Crippen LogP contribution in [0.2, 0.25) is 0 Å². The first-order chi connectivity index (χ1) is 29.8. The lowest BCUT2D eigenvalue weighted by atomic mass is 10.0. The minimum atomic E-state index is -4.39. The standard InChI is InChI=1S/C51H92NO8P/c1-3-5-7-9-11-13-15-17-19-21-23-24-26-28-30-32-34-36-38-40-42-44-51(54)60-49(48-59-61(55,56)58-46-45-52)47-57-50(53)43-41-39-37-35-33-31-29-27-25-22-20-18-16-14-12-10-8-6-4-2/h12,14,17-20,25,27,31,33,49H,3-11,13,15-16,21-24,26,28-30,32,34-48,52H2,1-2H3,(H,55,56). The monoisotopic (exact) mass is 878 g/mol. The summed E-state index contributed by atoms with van der Waals surface area (Å²) in [5.41, 5.74) is 5.36. The van der Waals surface area contributed by atoms with Crippen LogP contribution < -0.4 is 5.73 Å². The molecule has 61 heavy (non-hydrogen) atoms. The second-order valence-electron chi connectivity index (χ2n) is 16.3. The molecule has 0 aliphatic carbocycles. The summed E-state index contributed by atoms with van der Waals surface area (Å²) in [5.74, 6) is -0.863. The molecule has 2 unspecified atom stereocenters. The second-order valence-corrected chi connectivity index (χ2v) is 17.8. The average Bonchev–Trinajstić information content (AvgIpc) is 3.25. The highest BCUT2D eigenvalue weighted by molar-refractivity contribution is 7.47. The summed E-state index contributed by atoms with van der Waals surface area (Å²) >= 11 is 0. The van der Waals surface area contributed by atoms with E-state index in [1.165, 1.54) is 122 Å². The molecule has 0 bridgehead atoms. The third-order valence-corrected chi connectivity index (χ3v) is 11.4. The molecule has 0 saturated carbocycles. The number of hydrogen-bond donors (Lipinski definition) is 2. The van der Waals surface area contributed by atoms with Crippen molar-refractivity contribution in [1.82, 2.24) is 0 Å². The molecule has 354 valence electrons. The highest BCUT2D eigenvalue weighted by Gasteiger charge is 2.26. The van der Waals surface area contributed by atoms with E-state index in [0.29, 0.717) is 12.8 Å². The van der Waals surface area contributed by atoms with Crippen LogP contribution in [0.3, 0.4) is 0 Å². The van der Waals surface area contributed by atoms with E-state index in [1.54, 1.807) is 0 Å². The van der Waals surface area contributed by atoms with Crippen LogP contribution in [0.5, 0.6) is 0 Å². The number of phosphoric acid groups is 1. The van der Waals surface area contributed by atoms with E-state index in [1.807, 2.05) is 0 Å². The predicted molar refractivity (Wildman–Crippen MR) is 256 cm³/mol. The Morgan fingerprint density at radius 2 is 0.852 bits per heavy atom. The summed E-state index contributed by atoms with van der Waals surface area (Å²) in [6, 6.07) is 0. The van der Waals surface area contributed by atoms with E-state index >= 15 is 0 Å². The molecular formula is C51H92NO8P. The number of allylic oxidation sites excluding steroid dienone is 10. The van der Waals surface area contributed by atoms with Crippen LogP contribution in [0, 0.1) is 0 Å². The first-order valence-corrected chi connectivity index (χ1v) is 26.3. The molecule has 0 amide bonds. The fourth-order valence-electron chi connectivity index (χ4n) is 6.67. The molecule has 0 heterocycles. The van der Waals surface area contributed by atoms with Crippen LogP contribution in [-0.2, 0) is 32.7 Å². The Labute approximate surface area is 374 Å². The quantitative estimate of drug-likeness (QED) is 0.0265. The number of hydrogen-bond acceptors (Lipinski definition) is 8. The van der Waals surface area contributed by atoms with Gasteiger partial charge in [-0.05, 0) is 83.5 Å². The number of unbranched alkanes of at least 4 members (excludes halogenated alkanes) is 23. The van der Waals surface area contributed by atoms with Crippen molar-refractivity contribution in [3.8, 4) is 0 Å². The number of rotatable bonds is 46. The third-order valence-electron chi connectivity index (χ3n) is 10.4. The van der Waals surface area contributed by atoms with Gasteiger partial charge < -0.3 is 20.1 Å². The summed E-state index contributed by atoms with van der Waals surface area (Å²) in [4.78, 5) is 35.0. The lowest BCUT2D eigenvalue weighted by Crippen LogP contribution is -2.29. The van der Waals surface area contributed by atoms with E-state index in [0.717, 1.165) is 57.8 Å². The van der Waals surface area contributed by atoms with Crippen molar-refractivity contribution >= 4 is 19.8 Å². The molecule has 0 aromatic rings. The number of nitrogens with two attached hydrogens (primary N) is 1. The Morgan fingerprint density at radius 3 is 1.33 bits per heavy atom. The summed E-state index contributed by atoms with van der Waals surface area (Å²) in [7, 11) is -4.39. The molecule has 0 spiro atoms. The van der Waals surface area contributed by atoms with Gasteiger partial charge in [-0.1, -0.05) is 184 Å². The minimum Gasteiger partial charge on any atom is -0.462 e. The summed E-state index contributed by atoms with van der Waals surface area (Å²) in [6.45, 7) is 3.68. The SMILES string of the molecule is CCCCCC=CCC=CCC=CCC=CCCCCCC(=O)OCC(COP(=O)(O)OCCN)OC(=O)CCCCCCCCCCCCCC=CCCCCCCCC. The Hall–Kier alpha value is -2.29. The van der Waals surface area contributed by atoms with Crippen molar-refractivity contribution in [3.05, 3.63) is 60.8 Å². The zero-order valence-corrected chi connectivity index (χ0v) is 40.0. The van der Waals surface area contributed by atoms with Crippen molar-refractivity contribution in [2.45, 2.75) is 225 Å². The number of ether oxygens (including phenoxy) is 2. The molecule has 9 nitrogen and oxygen atoms in total. The molecule has 0 aromatic heterocycles. The minimum absolute atomic E-state index is 0.0468. The first kappa shape index (κ1) is 58.7. The molecule has 3 N–H and O–H groups in total. The summed E-state index contributed by atoms with van der Waals surface area (Å²) < 4.78 is 32.9. The lowest BCUT2D eigenvalue weighted by molar-refractivity contribution is -0.161. The molecule has 0 rings (SSSR count). The molecule has 2 atom stereocenters. The fraction of sp³-hybridized carbons (Fsp3) is 0.765. The number of esters is 2. The Kier molecular flexibility index (Phi) is 45.4.